The predicted octanol–water partition coefficient (Wildman–Crippen LogP) is 2.18. The molecule has 0 saturated carbocycles. The third-order valence-corrected chi connectivity index (χ3v) is 2.78. The average molecular weight is 253 g/mol. The number of hydrogen-bond donors (Lipinski definition) is 1. The fourth-order valence-electron chi connectivity index (χ4n) is 1.69. The topological polar surface area (TPSA) is 62.7 Å². The first kappa shape index (κ1) is 12.2. The Bertz CT molecular complexity index is 629. The van der Waals surface area contributed by atoms with Crippen LogP contribution in [0.25, 0.3) is 0 Å². The second-order valence-electron chi connectivity index (χ2n) is 3.89. The molecule has 0 aliphatic rings. The summed E-state index contributed by atoms with van der Waals surface area (Å²) in [7, 11) is 0. The lowest BCUT2D eigenvalue weighted by atomic mass is 10.1. The maximum Gasteiger partial charge on any atom is 0.104 e. The lowest BCUT2D eigenvalue weighted by Crippen LogP contribution is -2.10. The Kier molecular flexibility index (Phi) is 3.66. The zero-order valence-electron chi connectivity index (χ0n) is 9.63. The van der Waals surface area contributed by atoms with E-state index in [9.17, 15) is 0 Å². The molecular weight excluding hydrogens is 242 g/mol. The van der Waals surface area contributed by atoms with Gasteiger partial charge in [0.2, 0.25) is 0 Å². The van der Waals surface area contributed by atoms with Crippen molar-refractivity contribution >= 4 is 17.2 Å². The molecule has 0 aliphatic heterocycles. The Morgan fingerprint density at radius 3 is 2.89 bits per heavy atom. The van der Waals surface area contributed by atoms with E-state index >= 15 is 0 Å². The Balaban J connectivity index is 2.26. The van der Waals surface area contributed by atoms with Gasteiger partial charge in [-0.3, -0.25) is 4.98 Å². The van der Waals surface area contributed by atoms with Crippen molar-refractivity contribution < 1.29 is 0 Å². The van der Waals surface area contributed by atoms with Crippen LogP contribution >= 0.6 is 12.2 Å². The van der Waals surface area contributed by atoms with E-state index in [0.717, 1.165) is 16.8 Å². The Labute approximate surface area is 111 Å². The number of thiocarbonyl (C=S) groups is 1. The zero-order valence-corrected chi connectivity index (χ0v) is 10.4. The molecule has 2 aromatic rings. The van der Waals surface area contributed by atoms with Gasteiger partial charge in [0.25, 0.3) is 0 Å². The minimum atomic E-state index is 0.365. The van der Waals surface area contributed by atoms with Crippen molar-refractivity contribution in [1.29, 1.82) is 5.26 Å². The lowest BCUT2D eigenvalue weighted by Gasteiger charge is -2.04. The molecule has 0 atom stereocenters. The standard InChI is InChI=1S/C14H11N3S/c15-9-11-3-1-2-10(6-11)7-13-8-12(14(16)18)4-5-17-13/h1-6,8H,7H2,(H2,16,18). The fourth-order valence-corrected chi connectivity index (χ4v) is 1.82. The van der Waals surface area contributed by atoms with Crippen LogP contribution in [0.3, 0.4) is 0 Å². The summed E-state index contributed by atoms with van der Waals surface area (Å²) < 4.78 is 0. The van der Waals surface area contributed by atoms with Crippen molar-refractivity contribution in [2.24, 2.45) is 5.73 Å². The fraction of sp³-hybridized carbons (Fsp3) is 0.0714. The van der Waals surface area contributed by atoms with E-state index in [0.29, 0.717) is 17.0 Å². The van der Waals surface area contributed by atoms with Gasteiger partial charge in [0.05, 0.1) is 11.6 Å². The molecule has 0 fully saturated rings. The van der Waals surface area contributed by atoms with E-state index in [1.54, 1.807) is 18.3 Å². The van der Waals surface area contributed by atoms with Crippen molar-refractivity contribution in [2.75, 3.05) is 0 Å². The summed E-state index contributed by atoms with van der Waals surface area (Å²) in [5.74, 6) is 0. The molecule has 0 saturated heterocycles. The number of hydrogen-bond acceptors (Lipinski definition) is 3. The normalized spacial score (nSPS) is 9.72. The number of nitriles is 1. The van der Waals surface area contributed by atoms with Gasteiger partial charge in [-0.2, -0.15) is 5.26 Å². The Morgan fingerprint density at radius 2 is 2.17 bits per heavy atom. The number of rotatable bonds is 3. The number of nitrogens with two attached hydrogens (primary N) is 1. The number of pyridine rings is 1. The van der Waals surface area contributed by atoms with Crippen LogP contribution in [0.2, 0.25) is 0 Å². The van der Waals surface area contributed by atoms with Gasteiger partial charge >= 0.3 is 0 Å². The summed E-state index contributed by atoms with van der Waals surface area (Å²) in [4.78, 5) is 4.64. The van der Waals surface area contributed by atoms with Crippen LogP contribution in [0.5, 0.6) is 0 Å². The highest BCUT2D eigenvalue weighted by atomic mass is 32.1. The molecule has 1 aromatic heterocycles. The molecule has 0 aliphatic carbocycles. The molecular formula is C14H11N3S. The van der Waals surface area contributed by atoms with Gasteiger partial charge in [-0.25, -0.2) is 0 Å². The van der Waals surface area contributed by atoms with Crippen LogP contribution in [0.4, 0.5) is 0 Å². The van der Waals surface area contributed by atoms with Crippen molar-refractivity contribution in [2.45, 2.75) is 6.42 Å². The number of aromatic nitrogens is 1. The van der Waals surface area contributed by atoms with Crippen LogP contribution in [-0.4, -0.2) is 9.97 Å². The molecule has 0 spiro atoms. The van der Waals surface area contributed by atoms with Gasteiger partial charge < -0.3 is 5.73 Å². The monoisotopic (exact) mass is 253 g/mol. The van der Waals surface area contributed by atoms with E-state index in [1.807, 2.05) is 24.3 Å². The molecule has 1 aromatic carbocycles. The van der Waals surface area contributed by atoms with Crippen molar-refractivity contribution in [1.82, 2.24) is 4.98 Å². The highest BCUT2D eigenvalue weighted by Gasteiger charge is 2.02. The highest BCUT2D eigenvalue weighted by Crippen LogP contribution is 2.11. The molecule has 0 amide bonds. The minimum Gasteiger partial charge on any atom is -0.389 e. The summed E-state index contributed by atoms with van der Waals surface area (Å²) in [5.41, 5.74) is 8.97. The van der Waals surface area contributed by atoms with Crippen LogP contribution in [0.1, 0.15) is 22.4 Å². The van der Waals surface area contributed by atoms with Gasteiger partial charge in [0.1, 0.15) is 4.99 Å². The van der Waals surface area contributed by atoms with Crippen LogP contribution < -0.4 is 5.73 Å². The molecule has 2 rings (SSSR count). The summed E-state index contributed by atoms with van der Waals surface area (Å²) in [6.45, 7) is 0. The van der Waals surface area contributed by atoms with Crippen molar-refractivity contribution in [3.8, 4) is 6.07 Å². The Morgan fingerprint density at radius 1 is 1.33 bits per heavy atom. The molecule has 0 radical (unpaired) electrons. The minimum absolute atomic E-state index is 0.365. The van der Waals surface area contributed by atoms with E-state index in [-0.39, 0.29) is 0 Å². The second-order valence-corrected chi connectivity index (χ2v) is 4.33. The van der Waals surface area contributed by atoms with Crippen LogP contribution in [-0.2, 0) is 6.42 Å². The SMILES string of the molecule is N#Cc1cccc(Cc2cc(C(N)=S)ccn2)c1. The number of benzene rings is 1. The maximum atomic E-state index is 8.85. The average Bonchev–Trinajstić information content (AvgIpc) is 2.39. The van der Waals surface area contributed by atoms with Gasteiger partial charge in [0.15, 0.2) is 0 Å². The molecule has 3 nitrogen and oxygen atoms in total. The molecule has 88 valence electrons. The molecule has 4 heteroatoms. The van der Waals surface area contributed by atoms with Crippen molar-refractivity contribution in [3.05, 3.63) is 65.0 Å². The van der Waals surface area contributed by atoms with E-state index in [1.165, 1.54) is 0 Å². The third-order valence-electron chi connectivity index (χ3n) is 2.54. The van der Waals surface area contributed by atoms with Gasteiger partial charge in [0, 0.05) is 23.9 Å². The largest absolute Gasteiger partial charge is 0.389 e. The molecule has 0 unspecified atom stereocenters. The highest BCUT2D eigenvalue weighted by molar-refractivity contribution is 7.80. The summed E-state index contributed by atoms with van der Waals surface area (Å²) in [5, 5.41) is 8.85. The van der Waals surface area contributed by atoms with Gasteiger partial charge in [-0.15, -0.1) is 0 Å². The van der Waals surface area contributed by atoms with Crippen LogP contribution in [0, 0.1) is 11.3 Å². The third kappa shape index (κ3) is 2.90. The smallest absolute Gasteiger partial charge is 0.104 e. The Hall–Kier alpha value is -2.25. The first-order valence-electron chi connectivity index (χ1n) is 5.43. The molecule has 2 N–H and O–H groups in total. The first-order chi connectivity index (χ1) is 8.69. The van der Waals surface area contributed by atoms with E-state index in [2.05, 4.69) is 11.1 Å². The summed E-state index contributed by atoms with van der Waals surface area (Å²) >= 11 is 4.93. The zero-order chi connectivity index (χ0) is 13.0. The predicted molar refractivity (Wildman–Crippen MR) is 74.1 cm³/mol. The van der Waals surface area contributed by atoms with Crippen LogP contribution in [0.15, 0.2) is 42.6 Å². The molecule has 18 heavy (non-hydrogen) atoms. The molecule has 0 bridgehead atoms. The quantitative estimate of drug-likeness (QED) is 0.852. The summed E-state index contributed by atoms with van der Waals surface area (Å²) in [6.07, 6.45) is 2.35. The van der Waals surface area contributed by atoms with E-state index in [4.69, 9.17) is 23.2 Å². The maximum absolute atomic E-state index is 8.85. The van der Waals surface area contributed by atoms with Crippen molar-refractivity contribution in [3.63, 3.8) is 0 Å². The summed E-state index contributed by atoms with van der Waals surface area (Å²) in [6, 6.07) is 13.3. The first-order valence-corrected chi connectivity index (χ1v) is 5.83. The van der Waals surface area contributed by atoms with Gasteiger partial charge in [-0.1, -0.05) is 24.4 Å². The lowest BCUT2D eigenvalue weighted by molar-refractivity contribution is 1.07. The van der Waals surface area contributed by atoms with Gasteiger partial charge in [-0.05, 0) is 29.8 Å². The van der Waals surface area contributed by atoms with E-state index < -0.39 is 0 Å². The second kappa shape index (κ2) is 5.39. The molecule has 1 heterocycles. The number of nitrogens with zero attached hydrogens (tertiary/aromatic N) is 2.